The zero-order valence-electron chi connectivity index (χ0n) is 11.5. The molecule has 0 saturated carbocycles. The summed E-state index contributed by atoms with van der Waals surface area (Å²) in [6.45, 7) is 5.31. The molecule has 0 bridgehead atoms. The van der Waals surface area contributed by atoms with Gasteiger partial charge in [-0.05, 0) is 13.8 Å². The Hall–Kier alpha value is -1.18. The van der Waals surface area contributed by atoms with Crippen molar-refractivity contribution in [3.63, 3.8) is 0 Å². The number of urea groups is 1. The van der Waals surface area contributed by atoms with Gasteiger partial charge in [0.15, 0.2) is 0 Å². The molecular weight excluding hydrogens is 250 g/mol. The summed E-state index contributed by atoms with van der Waals surface area (Å²) in [5, 5.41) is 4.71. The standard InChI is InChI=1S/C12H23N3O4/c1-3-14-11(17)15-10(16)9(2)19-12(8-13)4-6-18-7-5-12/h9H,3-8,13H2,1-2H3,(H2,14,15,16,17). The van der Waals surface area contributed by atoms with E-state index in [-0.39, 0.29) is 0 Å². The average Bonchev–Trinajstić information content (AvgIpc) is 2.40. The Morgan fingerprint density at radius 1 is 1.42 bits per heavy atom. The molecule has 1 atom stereocenters. The van der Waals surface area contributed by atoms with Crippen LogP contribution in [0.3, 0.4) is 0 Å². The van der Waals surface area contributed by atoms with E-state index < -0.39 is 23.6 Å². The number of carbonyl (C=O) groups is 2. The van der Waals surface area contributed by atoms with E-state index in [2.05, 4.69) is 10.6 Å². The van der Waals surface area contributed by atoms with Gasteiger partial charge in [0.05, 0.1) is 5.60 Å². The predicted octanol–water partition coefficient (Wildman–Crippen LogP) is -0.255. The first kappa shape index (κ1) is 15.9. The second-order valence-electron chi connectivity index (χ2n) is 4.61. The van der Waals surface area contributed by atoms with Gasteiger partial charge in [-0.25, -0.2) is 4.79 Å². The van der Waals surface area contributed by atoms with E-state index in [9.17, 15) is 9.59 Å². The zero-order chi connectivity index (χ0) is 14.3. The monoisotopic (exact) mass is 273 g/mol. The van der Waals surface area contributed by atoms with Crippen LogP contribution in [0.5, 0.6) is 0 Å². The minimum atomic E-state index is -0.732. The van der Waals surface area contributed by atoms with Gasteiger partial charge in [-0.2, -0.15) is 0 Å². The SMILES string of the molecule is CCNC(=O)NC(=O)C(C)OC1(CN)CCOCC1. The number of carbonyl (C=O) groups excluding carboxylic acids is 2. The lowest BCUT2D eigenvalue weighted by Gasteiger charge is -2.37. The van der Waals surface area contributed by atoms with Crippen molar-refractivity contribution in [2.24, 2.45) is 5.73 Å². The molecule has 7 nitrogen and oxygen atoms in total. The number of nitrogens with one attached hydrogen (secondary N) is 2. The molecule has 1 saturated heterocycles. The van der Waals surface area contributed by atoms with Gasteiger partial charge in [0.1, 0.15) is 6.10 Å². The molecule has 3 amide bonds. The third kappa shape index (κ3) is 4.77. The topological polar surface area (TPSA) is 103 Å². The quantitative estimate of drug-likeness (QED) is 0.640. The fourth-order valence-electron chi connectivity index (χ4n) is 1.96. The van der Waals surface area contributed by atoms with E-state index in [0.717, 1.165) is 0 Å². The summed E-state index contributed by atoms with van der Waals surface area (Å²) in [6, 6.07) is -0.517. The Labute approximate surface area is 113 Å². The Morgan fingerprint density at radius 3 is 2.58 bits per heavy atom. The number of ether oxygens (including phenoxy) is 2. The lowest BCUT2D eigenvalue weighted by Crippen LogP contribution is -2.51. The van der Waals surface area contributed by atoms with Crippen molar-refractivity contribution in [2.75, 3.05) is 26.3 Å². The van der Waals surface area contributed by atoms with Gasteiger partial charge in [-0.15, -0.1) is 0 Å². The van der Waals surface area contributed by atoms with Crippen molar-refractivity contribution in [1.29, 1.82) is 0 Å². The minimum Gasteiger partial charge on any atom is -0.381 e. The van der Waals surface area contributed by atoms with Crippen LogP contribution in [0.2, 0.25) is 0 Å². The molecular formula is C12H23N3O4. The molecule has 1 heterocycles. The average molecular weight is 273 g/mol. The molecule has 110 valence electrons. The predicted molar refractivity (Wildman–Crippen MR) is 69.6 cm³/mol. The fraction of sp³-hybridized carbons (Fsp3) is 0.833. The van der Waals surface area contributed by atoms with Gasteiger partial charge in [-0.1, -0.05) is 0 Å². The van der Waals surface area contributed by atoms with Crippen molar-refractivity contribution in [3.8, 4) is 0 Å². The molecule has 19 heavy (non-hydrogen) atoms. The molecule has 0 spiro atoms. The van der Waals surface area contributed by atoms with Gasteiger partial charge in [0.2, 0.25) is 0 Å². The molecule has 1 unspecified atom stereocenters. The lowest BCUT2D eigenvalue weighted by atomic mass is 9.94. The maximum absolute atomic E-state index is 11.8. The maximum Gasteiger partial charge on any atom is 0.321 e. The van der Waals surface area contributed by atoms with Gasteiger partial charge < -0.3 is 20.5 Å². The summed E-state index contributed by atoms with van der Waals surface area (Å²) in [4.78, 5) is 23.0. The molecule has 0 aliphatic carbocycles. The van der Waals surface area contributed by atoms with Crippen LogP contribution in [-0.2, 0) is 14.3 Å². The molecule has 1 aliphatic heterocycles. The van der Waals surface area contributed by atoms with Crippen molar-refractivity contribution < 1.29 is 19.1 Å². The molecule has 0 aromatic heterocycles. The van der Waals surface area contributed by atoms with Crippen LogP contribution in [0, 0.1) is 0 Å². The van der Waals surface area contributed by atoms with Crippen LogP contribution in [-0.4, -0.2) is 49.9 Å². The second kappa shape index (κ2) is 7.42. The first-order chi connectivity index (χ1) is 9.03. The van der Waals surface area contributed by atoms with Gasteiger partial charge >= 0.3 is 6.03 Å². The minimum absolute atomic E-state index is 0.329. The van der Waals surface area contributed by atoms with Crippen LogP contribution in [0.4, 0.5) is 4.79 Å². The third-order valence-electron chi connectivity index (χ3n) is 3.15. The highest BCUT2D eigenvalue weighted by atomic mass is 16.5. The molecule has 0 aromatic carbocycles. The van der Waals surface area contributed by atoms with Crippen molar-refractivity contribution in [2.45, 2.75) is 38.4 Å². The lowest BCUT2D eigenvalue weighted by molar-refractivity contribution is -0.157. The van der Waals surface area contributed by atoms with Gasteiger partial charge in [0.25, 0.3) is 5.91 Å². The van der Waals surface area contributed by atoms with E-state index in [1.807, 2.05) is 0 Å². The second-order valence-corrected chi connectivity index (χ2v) is 4.61. The van der Waals surface area contributed by atoms with E-state index >= 15 is 0 Å². The Morgan fingerprint density at radius 2 is 2.05 bits per heavy atom. The zero-order valence-corrected chi connectivity index (χ0v) is 11.5. The molecule has 0 aromatic rings. The summed E-state index contributed by atoms with van der Waals surface area (Å²) in [5.41, 5.74) is 5.21. The van der Waals surface area contributed by atoms with E-state index in [1.54, 1.807) is 13.8 Å². The Bertz CT molecular complexity index is 316. The number of hydrogen-bond donors (Lipinski definition) is 3. The summed E-state index contributed by atoms with van der Waals surface area (Å²) in [6.07, 6.45) is 0.578. The van der Waals surface area contributed by atoms with E-state index in [4.69, 9.17) is 15.2 Å². The van der Waals surface area contributed by atoms with Gasteiger partial charge in [-0.3, -0.25) is 10.1 Å². The fourth-order valence-corrected chi connectivity index (χ4v) is 1.96. The first-order valence-electron chi connectivity index (χ1n) is 6.57. The maximum atomic E-state index is 11.8. The number of imide groups is 1. The van der Waals surface area contributed by atoms with E-state index in [0.29, 0.717) is 39.1 Å². The van der Waals surface area contributed by atoms with Crippen molar-refractivity contribution >= 4 is 11.9 Å². The Kier molecular flexibility index (Phi) is 6.20. The van der Waals surface area contributed by atoms with Crippen LogP contribution < -0.4 is 16.4 Å². The Balaban J connectivity index is 2.49. The highest BCUT2D eigenvalue weighted by Crippen LogP contribution is 2.25. The van der Waals surface area contributed by atoms with E-state index in [1.165, 1.54) is 0 Å². The smallest absolute Gasteiger partial charge is 0.321 e. The van der Waals surface area contributed by atoms with Crippen molar-refractivity contribution in [3.05, 3.63) is 0 Å². The highest BCUT2D eigenvalue weighted by molar-refractivity contribution is 5.96. The van der Waals surface area contributed by atoms with Crippen LogP contribution in [0.1, 0.15) is 26.7 Å². The van der Waals surface area contributed by atoms with Crippen LogP contribution >= 0.6 is 0 Å². The summed E-state index contributed by atoms with van der Waals surface area (Å²) >= 11 is 0. The highest BCUT2D eigenvalue weighted by Gasteiger charge is 2.35. The van der Waals surface area contributed by atoms with Crippen LogP contribution in [0.25, 0.3) is 0 Å². The number of nitrogens with two attached hydrogens (primary N) is 1. The normalized spacial score (nSPS) is 19.5. The molecule has 1 rings (SSSR count). The molecule has 1 fully saturated rings. The third-order valence-corrected chi connectivity index (χ3v) is 3.15. The largest absolute Gasteiger partial charge is 0.381 e. The number of amides is 3. The van der Waals surface area contributed by atoms with Gasteiger partial charge in [0, 0.05) is 39.1 Å². The number of hydrogen-bond acceptors (Lipinski definition) is 5. The molecule has 0 radical (unpaired) electrons. The first-order valence-corrected chi connectivity index (χ1v) is 6.57. The van der Waals surface area contributed by atoms with Crippen LogP contribution in [0.15, 0.2) is 0 Å². The summed E-state index contributed by atoms with van der Waals surface area (Å²) < 4.78 is 11.0. The molecule has 1 aliphatic rings. The summed E-state index contributed by atoms with van der Waals surface area (Å²) in [5.74, 6) is -0.467. The molecule has 4 N–H and O–H groups in total. The summed E-state index contributed by atoms with van der Waals surface area (Å²) in [7, 11) is 0. The van der Waals surface area contributed by atoms with Crippen molar-refractivity contribution in [1.82, 2.24) is 10.6 Å². The molecule has 7 heteroatoms. The number of rotatable bonds is 5.